The van der Waals surface area contributed by atoms with Crippen molar-refractivity contribution in [3.8, 4) is 11.5 Å². The van der Waals surface area contributed by atoms with Crippen LogP contribution >= 0.6 is 0 Å². The van der Waals surface area contributed by atoms with E-state index >= 15 is 0 Å². The van der Waals surface area contributed by atoms with E-state index in [4.69, 9.17) is 13.9 Å². The number of rotatable bonds is 6. The largest absolute Gasteiger partial charge is 0.493 e. The van der Waals surface area contributed by atoms with Gasteiger partial charge in [-0.15, -0.1) is 0 Å². The van der Waals surface area contributed by atoms with Crippen molar-refractivity contribution in [2.45, 2.75) is 32.9 Å². The van der Waals surface area contributed by atoms with E-state index in [1.165, 1.54) is 12.3 Å². The number of nitrogens with one attached hydrogen (secondary N) is 3. The Morgan fingerprint density at radius 3 is 2.80 bits per heavy atom. The van der Waals surface area contributed by atoms with Crippen LogP contribution in [0, 0.1) is 0 Å². The first-order valence-electron chi connectivity index (χ1n) is 9.51. The van der Waals surface area contributed by atoms with E-state index < -0.39 is 17.7 Å². The quantitative estimate of drug-likeness (QED) is 0.375. The minimum absolute atomic E-state index is 0.0618. The number of fused-ring (bicyclic) bond motifs is 1. The zero-order valence-electron chi connectivity index (χ0n) is 16.7. The van der Waals surface area contributed by atoms with Crippen LogP contribution in [-0.4, -0.2) is 30.4 Å². The highest BCUT2D eigenvalue weighted by Crippen LogP contribution is 2.35. The number of hydrogen-bond acceptors (Lipinski definition) is 6. The molecule has 0 saturated carbocycles. The molecule has 1 atom stereocenters. The van der Waals surface area contributed by atoms with Gasteiger partial charge in [-0.2, -0.15) is 0 Å². The van der Waals surface area contributed by atoms with Crippen LogP contribution in [-0.2, 0) is 27.3 Å². The summed E-state index contributed by atoms with van der Waals surface area (Å²) in [6, 6.07) is 7.05. The summed E-state index contributed by atoms with van der Waals surface area (Å²) in [5.74, 6) is -0.621. The van der Waals surface area contributed by atoms with Gasteiger partial charge in [0.05, 0.1) is 19.4 Å². The summed E-state index contributed by atoms with van der Waals surface area (Å²) < 4.78 is 16.4. The molecule has 0 bridgehead atoms. The molecule has 1 aliphatic heterocycles. The zero-order chi connectivity index (χ0) is 21.5. The normalized spacial score (nSPS) is 14.7. The number of amides is 3. The van der Waals surface area contributed by atoms with Gasteiger partial charge in [0.2, 0.25) is 0 Å². The number of carbonyl (C=O) groups is 3. The number of hydrazine groups is 1. The smallest absolute Gasteiger partial charge is 0.327 e. The van der Waals surface area contributed by atoms with Gasteiger partial charge in [-0.3, -0.25) is 25.2 Å². The van der Waals surface area contributed by atoms with Gasteiger partial charge in [-0.25, -0.2) is 0 Å². The second-order valence-electron chi connectivity index (χ2n) is 6.60. The second-order valence-corrected chi connectivity index (χ2v) is 6.60. The second kappa shape index (κ2) is 9.64. The van der Waals surface area contributed by atoms with E-state index in [0.717, 1.165) is 17.7 Å². The molecule has 9 heteroatoms. The maximum atomic E-state index is 12.0. The van der Waals surface area contributed by atoms with Crippen molar-refractivity contribution in [2.75, 3.05) is 6.61 Å². The Morgan fingerprint density at radius 2 is 2.07 bits per heavy atom. The van der Waals surface area contributed by atoms with Gasteiger partial charge >= 0.3 is 11.8 Å². The van der Waals surface area contributed by atoms with Gasteiger partial charge in [0.15, 0.2) is 0 Å². The van der Waals surface area contributed by atoms with Gasteiger partial charge in [0.1, 0.15) is 23.4 Å². The van der Waals surface area contributed by atoms with Crippen LogP contribution in [0.5, 0.6) is 11.5 Å². The molecule has 158 valence electrons. The highest BCUT2D eigenvalue weighted by Gasteiger charge is 2.21. The Morgan fingerprint density at radius 1 is 1.23 bits per heavy atom. The molecule has 0 unspecified atom stereocenters. The van der Waals surface area contributed by atoms with Gasteiger partial charge in [0, 0.05) is 23.6 Å². The summed E-state index contributed by atoms with van der Waals surface area (Å²) in [7, 11) is 0. The van der Waals surface area contributed by atoms with Crippen LogP contribution in [0.2, 0.25) is 0 Å². The van der Waals surface area contributed by atoms with E-state index in [1.54, 1.807) is 18.2 Å². The van der Waals surface area contributed by atoms with Crippen molar-refractivity contribution in [1.82, 2.24) is 16.2 Å². The summed E-state index contributed by atoms with van der Waals surface area (Å²) in [6.45, 7) is 4.40. The molecule has 1 aromatic carbocycles. The highest BCUT2D eigenvalue weighted by molar-refractivity contribution is 6.35. The predicted molar refractivity (Wildman–Crippen MR) is 107 cm³/mol. The molecule has 2 heterocycles. The molecule has 0 spiro atoms. The number of hydrogen-bond donors (Lipinski definition) is 3. The molecule has 0 aliphatic carbocycles. The maximum absolute atomic E-state index is 12.0. The average Bonchev–Trinajstić information content (AvgIpc) is 3.37. The molecule has 3 rings (SSSR count). The zero-order valence-corrected chi connectivity index (χ0v) is 16.7. The summed E-state index contributed by atoms with van der Waals surface area (Å²) in [6.07, 6.45) is 5.12. The van der Waals surface area contributed by atoms with Crippen LogP contribution in [0.1, 0.15) is 30.7 Å². The van der Waals surface area contributed by atoms with Crippen molar-refractivity contribution < 1.29 is 28.3 Å². The molecule has 9 nitrogen and oxygen atoms in total. The predicted octanol–water partition coefficient (Wildman–Crippen LogP) is 1.48. The number of benzene rings is 1. The topological polar surface area (TPSA) is 119 Å². The molecule has 1 aromatic heterocycles. The number of carbonyl (C=O) groups excluding carboxylic acids is 3. The summed E-state index contributed by atoms with van der Waals surface area (Å²) in [4.78, 5) is 35.5. The fraction of sp³-hybridized carbons (Fsp3) is 0.286. The first-order valence-corrected chi connectivity index (χ1v) is 9.51. The van der Waals surface area contributed by atoms with Crippen LogP contribution < -0.4 is 25.6 Å². The third-order valence-corrected chi connectivity index (χ3v) is 4.25. The Balaban J connectivity index is 1.53. The molecule has 0 fully saturated rings. The van der Waals surface area contributed by atoms with Crippen LogP contribution in [0.4, 0.5) is 0 Å². The molecule has 3 N–H and O–H groups in total. The lowest BCUT2D eigenvalue weighted by molar-refractivity contribution is -0.140. The van der Waals surface area contributed by atoms with Crippen molar-refractivity contribution in [3.05, 3.63) is 53.5 Å². The van der Waals surface area contributed by atoms with E-state index in [2.05, 4.69) is 10.7 Å². The van der Waals surface area contributed by atoms with E-state index in [9.17, 15) is 14.4 Å². The molecular formula is C21H23N3O6. The number of ether oxygens (including phenoxy) is 2. The SMILES string of the molecule is CCOc1cc2c(cc1/C=C/C(=O)NNC(=O)C(=O)NCc1ccco1)O[C@H](C)C2. The fourth-order valence-electron chi connectivity index (χ4n) is 2.91. The summed E-state index contributed by atoms with van der Waals surface area (Å²) in [5.41, 5.74) is 5.93. The molecule has 1 aliphatic rings. The third-order valence-electron chi connectivity index (χ3n) is 4.25. The van der Waals surface area contributed by atoms with Crippen molar-refractivity contribution in [3.63, 3.8) is 0 Å². The van der Waals surface area contributed by atoms with Crippen molar-refractivity contribution in [2.24, 2.45) is 0 Å². The minimum atomic E-state index is -1.00. The lowest BCUT2D eigenvalue weighted by Gasteiger charge is -2.10. The molecule has 0 saturated heterocycles. The molecule has 0 radical (unpaired) electrons. The minimum Gasteiger partial charge on any atom is -0.493 e. The molecular weight excluding hydrogens is 390 g/mol. The van der Waals surface area contributed by atoms with Gasteiger partial charge in [-0.1, -0.05) is 0 Å². The Labute approximate surface area is 173 Å². The fourth-order valence-corrected chi connectivity index (χ4v) is 2.91. The molecule has 2 aromatic rings. The molecule has 30 heavy (non-hydrogen) atoms. The first kappa shape index (κ1) is 21.0. The average molecular weight is 413 g/mol. The van der Waals surface area contributed by atoms with Gasteiger partial charge < -0.3 is 19.2 Å². The van der Waals surface area contributed by atoms with Gasteiger partial charge in [0.25, 0.3) is 5.91 Å². The Bertz CT molecular complexity index is 952. The van der Waals surface area contributed by atoms with Crippen molar-refractivity contribution >= 4 is 23.8 Å². The Kier molecular flexibility index (Phi) is 6.74. The monoisotopic (exact) mass is 413 g/mol. The summed E-state index contributed by atoms with van der Waals surface area (Å²) >= 11 is 0. The van der Waals surface area contributed by atoms with Crippen LogP contribution in [0.25, 0.3) is 6.08 Å². The van der Waals surface area contributed by atoms with Crippen LogP contribution in [0.3, 0.4) is 0 Å². The van der Waals surface area contributed by atoms with Gasteiger partial charge in [-0.05, 0) is 44.2 Å². The lowest BCUT2D eigenvalue weighted by Crippen LogP contribution is -2.47. The van der Waals surface area contributed by atoms with Crippen molar-refractivity contribution in [1.29, 1.82) is 0 Å². The van der Waals surface area contributed by atoms with E-state index in [1.807, 2.05) is 31.4 Å². The third kappa shape index (κ3) is 5.40. The molecule has 3 amide bonds. The van der Waals surface area contributed by atoms with Crippen LogP contribution in [0.15, 0.2) is 41.0 Å². The standard InChI is InChI=1S/C21H23N3O6/c1-3-28-17-11-15-9-13(2)30-18(15)10-14(17)6-7-19(25)23-24-21(27)20(26)22-12-16-5-4-8-29-16/h4-8,10-11,13H,3,9,12H2,1-2H3,(H,22,26)(H,23,25)(H,24,27)/b7-6+/t13-/m1/s1. The lowest BCUT2D eigenvalue weighted by atomic mass is 10.1. The van der Waals surface area contributed by atoms with E-state index in [0.29, 0.717) is 23.7 Å². The highest BCUT2D eigenvalue weighted by atomic mass is 16.5. The Hall–Kier alpha value is -3.75. The first-order chi connectivity index (χ1) is 14.5. The number of furan rings is 1. The maximum Gasteiger partial charge on any atom is 0.327 e. The van der Waals surface area contributed by atoms with E-state index in [-0.39, 0.29) is 12.6 Å². The summed E-state index contributed by atoms with van der Waals surface area (Å²) in [5, 5.41) is 2.37.